The van der Waals surface area contributed by atoms with Crippen molar-refractivity contribution in [1.82, 2.24) is 20.3 Å². The highest BCUT2D eigenvalue weighted by atomic mass is 32.1. The van der Waals surface area contributed by atoms with Crippen molar-refractivity contribution >= 4 is 17.2 Å². The van der Waals surface area contributed by atoms with Crippen molar-refractivity contribution in [3.63, 3.8) is 0 Å². The normalized spacial score (nSPS) is 13.4. The summed E-state index contributed by atoms with van der Waals surface area (Å²) in [6, 6.07) is 5.61. The van der Waals surface area contributed by atoms with Gasteiger partial charge in [0, 0.05) is 28.4 Å². The molecule has 1 saturated carbocycles. The van der Waals surface area contributed by atoms with Gasteiger partial charge in [-0.25, -0.2) is 4.98 Å². The standard InChI is InChI=1S/C21H22N4O2S/c1-13-8-23-18(10-22-13)11-24-20(26)16-5-17(21-25-9-14(2)28-21)7-19(6-16)27-12-15-3-4-15/h5-10,15H,3-4,11-12H2,1-2H3,(H,24,26). The number of benzene rings is 1. The van der Waals surface area contributed by atoms with Crippen molar-refractivity contribution in [2.45, 2.75) is 33.2 Å². The fourth-order valence-corrected chi connectivity index (χ4v) is 3.46. The van der Waals surface area contributed by atoms with Gasteiger partial charge in [-0.2, -0.15) is 0 Å². The number of amides is 1. The lowest BCUT2D eigenvalue weighted by Gasteiger charge is -2.11. The molecule has 0 bridgehead atoms. The van der Waals surface area contributed by atoms with E-state index in [2.05, 4.69) is 20.3 Å². The summed E-state index contributed by atoms with van der Waals surface area (Å²) >= 11 is 1.60. The van der Waals surface area contributed by atoms with E-state index in [9.17, 15) is 4.79 Å². The van der Waals surface area contributed by atoms with Gasteiger partial charge in [-0.05, 0) is 50.8 Å². The van der Waals surface area contributed by atoms with E-state index >= 15 is 0 Å². The van der Waals surface area contributed by atoms with Crippen LogP contribution >= 0.6 is 11.3 Å². The second-order valence-electron chi connectivity index (χ2n) is 7.11. The van der Waals surface area contributed by atoms with Crippen molar-refractivity contribution in [3.05, 3.63) is 58.6 Å². The second-order valence-corrected chi connectivity index (χ2v) is 8.34. The highest BCUT2D eigenvalue weighted by molar-refractivity contribution is 7.14. The van der Waals surface area contributed by atoms with Crippen LogP contribution in [0.1, 0.15) is 39.5 Å². The van der Waals surface area contributed by atoms with E-state index in [-0.39, 0.29) is 5.91 Å². The average Bonchev–Trinajstić information content (AvgIpc) is 3.44. The molecule has 2 heterocycles. The van der Waals surface area contributed by atoms with E-state index in [1.54, 1.807) is 29.8 Å². The summed E-state index contributed by atoms with van der Waals surface area (Å²) in [6.07, 6.45) is 7.64. The number of hydrogen-bond donors (Lipinski definition) is 1. The molecule has 7 heteroatoms. The lowest BCUT2D eigenvalue weighted by Crippen LogP contribution is -2.23. The fraction of sp³-hybridized carbons (Fsp3) is 0.333. The van der Waals surface area contributed by atoms with Crippen LogP contribution in [0.25, 0.3) is 10.6 Å². The fourth-order valence-electron chi connectivity index (χ4n) is 2.71. The highest BCUT2D eigenvalue weighted by Crippen LogP contribution is 2.32. The smallest absolute Gasteiger partial charge is 0.251 e. The van der Waals surface area contributed by atoms with Crippen LogP contribution in [0, 0.1) is 19.8 Å². The molecule has 0 aliphatic heterocycles. The summed E-state index contributed by atoms with van der Waals surface area (Å²) in [5.41, 5.74) is 3.01. The van der Waals surface area contributed by atoms with Crippen LogP contribution in [0.15, 0.2) is 36.8 Å². The Morgan fingerprint density at radius 1 is 1.14 bits per heavy atom. The Balaban J connectivity index is 1.53. The summed E-state index contributed by atoms with van der Waals surface area (Å²) in [5.74, 6) is 1.18. The van der Waals surface area contributed by atoms with E-state index in [1.165, 1.54) is 12.8 Å². The summed E-state index contributed by atoms with van der Waals surface area (Å²) in [4.78, 5) is 26.8. The van der Waals surface area contributed by atoms with E-state index < -0.39 is 0 Å². The Morgan fingerprint density at radius 2 is 2.00 bits per heavy atom. The molecule has 0 atom stereocenters. The van der Waals surface area contributed by atoms with Crippen LogP contribution in [0.2, 0.25) is 0 Å². The molecule has 6 nitrogen and oxygen atoms in total. The van der Waals surface area contributed by atoms with Gasteiger partial charge in [0.25, 0.3) is 5.91 Å². The largest absolute Gasteiger partial charge is 0.493 e. The first-order valence-corrected chi connectivity index (χ1v) is 10.1. The van der Waals surface area contributed by atoms with Gasteiger partial charge in [-0.3, -0.25) is 14.8 Å². The minimum Gasteiger partial charge on any atom is -0.493 e. The summed E-state index contributed by atoms with van der Waals surface area (Å²) in [5, 5.41) is 3.79. The molecule has 1 fully saturated rings. The molecule has 1 aliphatic carbocycles. The summed E-state index contributed by atoms with van der Waals surface area (Å²) in [7, 11) is 0. The Labute approximate surface area is 168 Å². The third-order valence-corrected chi connectivity index (χ3v) is 5.45. The molecule has 0 radical (unpaired) electrons. The first-order valence-electron chi connectivity index (χ1n) is 9.33. The zero-order chi connectivity index (χ0) is 19.5. The lowest BCUT2D eigenvalue weighted by atomic mass is 10.1. The van der Waals surface area contributed by atoms with Gasteiger partial charge < -0.3 is 10.1 Å². The topological polar surface area (TPSA) is 77.0 Å². The Hall–Kier alpha value is -2.80. The van der Waals surface area contributed by atoms with Crippen molar-refractivity contribution in [2.24, 2.45) is 5.92 Å². The molecular formula is C21H22N4O2S. The minimum absolute atomic E-state index is 0.172. The van der Waals surface area contributed by atoms with Gasteiger partial charge in [0.15, 0.2) is 0 Å². The molecule has 4 rings (SSSR count). The number of ether oxygens (including phenoxy) is 1. The Kier molecular flexibility index (Phi) is 5.34. The first kappa shape index (κ1) is 18.6. The zero-order valence-corrected chi connectivity index (χ0v) is 16.8. The van der Waals surface area contributed by atoms with Gasteiger partial charge in [0.2, 0.25) is 0 Å². The number of nitrogens with zero attached hydrogens (tertiary/aromatic N) is 3. The van der Waals surface area contributed by atoms with Crippen LogP contribution in [0.3, 0.4) is 0 Å². The van der Waals surface area contributed by atoms with Gasteiger partial charge in [0.1, 0.15) is 10.8 Å². The molecular weight excluding hydrogens is 372 g/mol. The number of aryl methyl sites for hydroxylation is 2. The molecule has 0 unspecified atom stereocenters. The molecule has 0 saturated heterocycles. The number of thiazole rings is 1. The van der Waals surface area contributed by atoms with Crippen LogP contribution in [0.5, 0.6) is 5.75 Å². The number of carbonyl (C=O) groups is 1. The van der Waals surface area contributed by atoms with E-state index in [0.717, 1.165) is 26.8 Å². The number of carbonyl (C=O) groups excluding carboxylic acids is 1. The maximum Gasteiger partial charge on any atom is 0.251 e. The van der Waals surface area contributed by atoms with Crippen molar-refractivity contribution < 1.29 is 9.53 Å². The molecule has 1 aliphatic rings. The molecule has 144 valence electrons. The number of nitrogens with one attached hydrogen (secondary N) is 1. The minimum atomic E-state index is -0.172. The van der Waals surface area contributed by atoms with Crippen molar-refractivity contribution in [3.8, 4) is 16.3 Å². The quantitative estimate of drug-likeness (QED) is 0.657. The van der Waals surface area contributed by atoms with Gasteiger partial charge in [-0.1, -0.05) is 0 Å². The molecule has 1 N–H and O–H groups in total. The SMILES string of the molecule is Cc1cnc(CNC(=O)c2cc(OCC3CC3)cc(-c3ncc(C)s3)c2)cn1. The average molecular weight is 395 g/mol. The lowest BCUT2D eigenvalue weighted by molar-refractivity contribution is 0.0950. The summed E-state index contributed by atoms with van der Waals surface area (Å²) in [6.45, 7) is 4.92. The van der Waals surface area contributed by atoms with Gasteiger partial charge in [0.05, 0.1) is 30.7 Å². The van der Waals surface area contributed by atoms with Crippen LogP contribution in [0.4, 0.5) is 0 Å². The maximum atomic E-state index is 12.7. The Bertz CT molecular complexity index is 980. The number of hydrogen-bond acceptors (Lipinski definition) is 6. The first-order chi connectivity index (χ1) is 13.6. The van der Waals surface area contributed by atoms with Gasteiger partial charge in [-0.15, -0.1) is 11.3 Å². The van der Waals surface area contributed by atoms with E-state index in [0.29, 0.717) is 30.4 Å². The second kappa shape index (κ2) is 8.06. The molecule has 0 spiro atoms. The third kappa shape index (κ3) is 4.72. The summed E-state index contributed by atoms with van der Waals surface area (Å²) < 4.78 is 5.94. The molecule has 2 aromatic heterocycles. The molecule has 1 amide bonds. The van der Waals surface area contributed by atoms with Gasteiger partial charge >= 0.3 is 0 Å². The monoisotopic (exact) mass is 394 g/mol. The number of aromatic nitrogens is 3. The molecule has 3 aromatic rings. The van der Waals surface area contributed by atoms with E-state index in [4.69, 9.17) is 4.74 Å². The maximum absolute atomic E-state index is 12.7. The predicted molar refractivity (Wildman–Crippen MR) is 108 cm³/mol. The highest BCUT2D eigenvalue weighted by Gasteiger charge is 2.22. The van der Waals surface area contributed by atoms with Crippen LogP contribution in [-0.2, 0) is 6.54 Å². The van der Waals surface area contributed by atoms with E-state index in [1.807, 2.05) is 32.2 Å². The third-order valence-electron chi connectivity index (χ3n) is 4.48. The predicted octanol–water partition coefficient (Wildman–Crippen LogP) is 3.94. The zero-order valence-electron chi connectivity index (χ0n) is 15.9. The van der Waals surface area contributed by atoms with Crippen LogP contribution in [-0.4, -0.2) is 27.5 Å². The molecule has 28 heavy (non-hydrogen) atoms. The van der Waals surface area contributed by atoms with Crippen molar-refractivity contribution in [1.29, 1.82) is 0 Å². The Morgan fingerprint density at radius 3 is 2.68 bits per heavy atom. The van der Waals surface area contributed by atoms with Crippen molar-refractivity contribution in [2.75, 3.05) is 6.61 Å². The number of rotatable bonds is 7. The van der Waals surface area contributed by atoms with Crippen LogP contribution < -0.4 is 10.1 Å². The molecule has 1 aromatic carbocycles.